The van der Waals surface area contributed by atoms with Gasteiger partial charge in [-0.15, -0.1) is 0 Å². The molecule has 0 radical (unpaired) electrons. The van der Waals surface area contributed by atoms with E-state index in [0.29, 0.717) is 5.02 Å². The van der Waals surface area contributed by atoms with Gasteiger partial charge in [0, 0.05) is 22.3 Å². The molecule has 0 saturated carbocycles. The van der Waals surface area contributed by atoms with Crippen LogP contribution in [0.3, 0.4) is 0 Å². The molecule has 3 aromatic rings. The van der Waals surface area contributed by atoms with Crippen LogP contribution in [0.4, 0.5) is 5.69 Å². The van der Waals surface area contributed by atoms with Crippen LogP contribution in [0.1, 0.15) is 32.1 Å². The molecular weight excluding hydrogens is 422 g/mol. The zero-order valence-corrected chi connectivity index (χ0v) is 19.8. The van der Waals surface area contributed by atoms with Gasteiger partial charge in [0.25, 0.3) is 0 Å². The number of aromatic nitrogens is 1. The van der Waals surface area contributed by atoms with Crippen LogP contribution >= 0.6 is 11.6 Å². The van der Waals surface area contributed by atoms with Crippen LogP contribution < -0.4 is 21.5 Å². The molecule has 0 aliphatic rings. The zero-order chi connectivity index (χ0) is 22.8. The Hall–Kier alpha value is -2.12. The second-order valence-corrected chi connectivity index (χ2v) is 8.58. The number of anilines is 1. The van der Waals surface area contributed by atoms with E-state index in [1.165, 1.54) is 0 Å². The number of benzene rings is 2. The summed E-state index contributed by atoms with van der Waals surface area (Å²) in [6, 6.07) is 11.9. The predicted molar refractivity (Wildman–Crippen MR) is 137 cm³/mol. The molecule has 0 aliphatic carbocycles. The maximum Gasteiger partial charge on any atom is 0.119 e. The van der Waals surface area contributed by atoms with E-state index in [0.717, 1.165) is 105 Å². The zero-order valence-electron chi connectivity index (χ0n) is 19.1. The third-order valence-corrected chi connectivity index (χ3v) is 5.99. The fraction of sp³-hybridized carbons (Fsp3) is 0.480. The molecule has 0 fully saturated rings. The monoisotopic (exact) mass is 457 g/mol. The van der Waals surface area contributed by atoms with Crippen molar-refractivity contribution >= 4 is 39.1 Å². The molecule has 0 bridgehead atoms. The SMILES string of the molecule is COc1ccc2nc3cc(Cl)ccc3c(NCCCN(CCCCN)CCCCN)c2c1. The Labute approximate surface area is 196 Å². The number of hydrogen-bond donors (Lipinski definition) is 3. The molecule has 32 heavy (non-hydrogen) atoms. The highest BCUT2D eigenvalue weighted by Gasteiger charge is 2.11. The lowest BCUT2D eigenvalue weighted by Crippen LogP contribution is -2.29. The van der Waals surface area contributed by atoms with Crippen LogP contribution in [0.15, 0.2) is 36.4 Å². The summed E-state index contributed by atoms with van der Waals surface area (Å²) in [5.74, 6) is 0.821. The molecule has 0 saturated heterocycles. The number of nitrogens with two attached hydrogens (primary N) is 2. The van der Waals surface area contributed by atoms with Crippen molar-refractivity contribution in [3.05, 3.63) is 41.4 Å². The highest BCUT2D eigenvalue weighted by Crippen LogP contribution is 2.34. The van der Waals surface area contributed by atoms with E-state index in [9.17, 15) is 0 Å². The second-order valence-electron chi connectivity index (χ2n) is 8.14. The summed E-state index contributed by atoms with van der Waals surface area (Å²) in [5, 5.41) is 6.50. The van der Waals surface area contributed by atoms with E-state index in [1.807, 2.05) is 36.4 Å². The maximum atomic E-state index is 6.23. The van der Waals surface area contributed by atoms with Gasteiger partial charge < -0.3 is 26.4 Å². The summed E-state index contributed by atoms with van der Waals surface area (Å²) >= 11 is 6.23. The fourth-order valence-corrected chi connectivity index (χ4v) is 4.19. The number of ether oxygens (including phenoxy) is 1. The number of nitrogens with one attached hydrogen (secondary N) is 1. The van der Waals surface area contributed by atoms with Gasteiger partial charge in [-0.05, 0) is 101 Å². The molecular formula is C25H36ClN5O. The van der Waals surface area contributed by atoms with Crippen molar-refractivity contribution in [3.63, 3.8) is 0 Å². The van der Waals surface area contributed by atoms with Gasteiger partial charge in [0.05, 0.1) is 23.8 Å². The molecule has 1 aromatic heterocycles. The average Bonchev–Trinajstić information content (AvgIpc) is 2.80. The van der Waals surface area contributed by atoms with Crippen molar-refractivity contribution in [2.45, 2.75) is 32.1 Å². The van der Waals surface area contributed by atoms with Crippen molar-refractivity contribution in [1.29, 1.82) is 0 Å². The lowest BCUT2D eigenvalue weighted by atomic mass is 10.1. The molecule has 1 heterocycles. The van der Waals surface area contributed by atoms with Gasteiger partial charge >= 0.3 is 0 Å². The Kier molecular flexibility index (Phi) is 9.81. The fourth-order valence-electron chi connectivity index (χ4n) is 4.02. The van der Waals surface area contributed by atoms with Crippen LogP contribution in [0.2, 0.25) is 5.02 Å². The predicted octanol–water partition coefficient (Wildman–Crippen LogP) is 4.63. The number of hydrogen-bond acceptors (Lipinski definition) is 6. The van der Waals surface area contributed by atoms with E-state index in [2.05, 4.69) is 10.2 Å². The third-order valence-electron chi connectivity index (χ3n) is 5.75. The smallest absolute Gasteiger partial charge is 0.119 e. The Morgan fingerprint density at radius 1 is 0.875 bits per heavy atom. The molecule has 174 valence electrons. The summed E-state index contributed by atoms with van der Waals surface area (Å²) in [4.78, 5) is 7.35. The Balaban J connectivity index is 1.73. The molecule has 7 heteroatoms. The van der Waals surface area contributed by atoms with Gasteiger partial charge in [0.1, 0.15) is 5.75 Å². The number of rotatable bonds is 14. The molecule has 6 nitrogen and oxygen atoms in total. The number of methoxy groups -OCH3 is 1. The van der Waals surface area contributed by atoms with E-state index in [-0.39, 0.29) is 0 Å². The summed E-state index contributed by atoms with van der Waals surface area (Å²) in [6.07, 6.45) is 5.49. The lowest BCUT2D eigenvalue weighted by molar-refractivity contribution is 0.263. The van der Waals surface area contributed by atoms with Crippen LogP contribution in [0.5, 0.6) is 5.75 Å². The number of unbranched alkanes of at least 4 members (excludes halogenated alkanes) is 2. The molecule has 0 aliphatic heterocycles. The lowest BCUT2D eigenvalue weighted by Gasteiger charge is -2.22. The topological polar surface area (TPSA) is 89.4 Å². The van der Waals surface area contributed by atoms with Gasteiger partial charge in [-0.25, -0.2) is 4.98 Å². The number of halogens is 1. The summed E-state index contributed by atoms with van der Waals surface area (Å²) in [6.45, 7) is 5.63. The minimum Gasteiger partial charge on any atom is -0.497 e. The van der Waals surface area contributed by atoms with Gasteiger partial charge in [0.15, 0.2) is 0 Å². The van der Waals surface area contributed by atoms with E-state index in [1.54, 1.807) is 7.11 Å². The van der Waals surface area contributed by atoms with Gasteiger partial charge in [-0.3, -0.25) is 0 Å². The van der Waals surface area contributed by atoms with Gasteiger partial charge in [-0.1, -0.05) is 11.6 Å². The first kappa shape index (κ1) is 24.5. The highest BCUT2D eigenvalue weighted by molar-refractivity contribution is 6.31. The van der Waals surface area contributed by atoms with Crippen molar-refractivity contribution in [2.75, 3.05) is 51.7 Å². The Morgan fingerprint density at radius 3 is 2.28 bits per heavy atom. The third kappa shape index (κ3) is 6.69. The minimum absolute atomic E-state index is 0.689. The number of fused-ring (bicyclic) bond motifs is 2. The number of nitrogens with zero attached hydrogens (tertiary/aromatic N) is 2. The van der Waals surface area contributed by atoms with E-state index in [4.69, 9.17) is 32.8 Å². The van der Waals surface area contributed by atoms with Gasteiger partial charge in [-0.2, -0.15) is 0 Å². The summed E-state index contributed by atoms with van der Waals surface area (Å²) in [7, 11) is 1.69. The first-order valence-corrected chi connectivity index (χ1v) is 12.0. The van der Waals surface area contributed by atoms with Crippen LogP contribution in [-0.4, -0.2) is 56.3 Å². The van der Waals surface area contributed by atoms with Crippen LogP contribution in [-0.2, 0) is 0 Å². The molecule has 2 aromatic carbocycles. The van der Waals surface area contributed by atoms with Crippen LogP contribution in [0, 0.1) is 0 Å². The Bertz CT molecular complexity index is 987. The second kappa shape index (κ2) is 12.8. The van der Waals surface area contributed by atoms with E-state index >= 15 is 0 Å². The normalized spacial score (nSPS) is 11.5. The molecule has 5 N–H and O–H groups in total. The largest absolute Gasteiger partial charge is 0.497 e. The quantitative estimate of drug-likeness (QED) is 0.241. The number of pyridine rings is 1. The Morgan fingerprint density at radius 2 is 1.59 bits per heavy atom. The highest BCUT2D eigenvalue weighted by atomic mass is 35.5. The summed E-state index contributed by atoms with van der Waals surface area (Å²) < 4.78 is 5.46. The summed E-state index contributed by atoms with van der Waals surface area (Å²) in [5.41, 5.74) is 14.2. The first-order valence-electron chi connectivity index (χ1n) is 11.6. The van der Waals surface area contributed by atoms with Crippen molar-refractivity contribution in [1.82, 2.24) is 9.88 Å². The van der Waals surface area contributed by atoms with Crippen molar-refractivity contribution < 1.29 is 4.74 Å². The van der Waals surface area contributed by atoms with Gasteiger partial charge in [0.2, 0.25) is 0 Å². The minimum atomic E-state index is 0.689. The molecule has 0 atom stereocenters. The molecule has 0 spiro atoms. The van der Waals surface area contributed by atoms with Crippen LogP contribution in [0.25, 0.3) is 21.8 Å². The molecule has 0 amide bonds. The van der Waals surface area contributed by atoms with Crippen molar-refractivity contribution in [3.8, 4) is 5.75 Å². The average molecular weight is 458 g/mol. The maximum absolute atomic E-state index is 6.23. The van der Waals surface area contributed by atoms with Crippen molar-refractivity contribution in [2.24, 2.45) is 11.5 Å². The van der Waals surface area contributed by atoms with E-state index < -0.39 is 0 Å². The standard InChI is InChI=1S/C25H36ClN5O/c1-32-20-8-10-23-22(18-20)25(21-9-7-19(26)17-24(21)30-23)29-13-6-16-31(14-4-2-11-27)15-5-3-12-28/h7-10,17-18H,2-6,11-16,27-28H2,1H3,(H,29,30). The molecule has 3 rings (SSSR count). The molecule has 0 unspecified atom stereocenters. The first-order chi connectivity index (χ1) is 15.7.